The van der Waals surface area contributed by atoms with Gasteiger partial charge in [-0.15, -0.1) is 0 Å². The van der Waals surface area contributed by atoms with Crippen LogP contribution in [0.25, 0.3) is 11.1 Å². The van der Waals surface area contributed by atoms with E-state index in [2.05, 4.69) is 94.0 Å². The maximum absolute atomic E-state index is 9.52. The normalized spacial score (nSPS) is 15.0. The molecule has 3 heteroatoms. The number of benzene rings is 3. The third-order valence-electron chi connectivity index (χ3n) is 5.59. The first-order chi connectivity index (χ1) is 14.3. The van der Waals surface area contributed by atoms with Gasteiger partial charge in [0.25, 0.3) is 0 Å². The molecular formula is C26H26BrNO. The Balaban J connectivity index is 1.85. The maximum Gasteiger partial charge on any atom is 0.0434 e. The van der Waals surface area contributed by atoms with Gasteiger partial charge in [0, 0.05) is 30.1 Å². The van der Waals surface area contributed by atoms with Crippen LogP contribution in [0, 0.1) is 0 Å². The quantitative estimate of drug-likeness (QED) is 0.444. The van der Waals surface area contributed by atoms with Crippen LogP contribution in [0.15, 0.2) is 83.3 Å². The Labute approximate surface area is 181 Å². The van der Waals surface area contributed by atoms with E-state index in [0.29, 0.717) is 5.92 Å². The van der Waals surface area contributed by atoms with Gasteiger partial charge in [0.15, 0.2) is 0 Å². The summed E-state index contributed by atoms with van der Waals surface area (Å²) in [6.45, 7) is 2.33. The molecule has 3 aromatic rings. The van der Waals surface area contributed by atoms with Crippen LogP contribution in [0.5, 0.6) is 0 Å². The Morgan fingerprint density at radius 2 is 1.45 bits per heavy atom. The van der Waals surface area contributed by atoms with E-state index < -0.39 is 0 Å². The van der Waals surface area contributed by atoms with Crippen molar-refractivity contribution < 1.29 is 5.11 Å². The first kappa shape index (κ1) is 20.1. The van der Waals surface area contributed by atoms with Gasteiger partial charge in [-0.3, -0.25) is 0 Å². The number of hydrogen-bond acceptors (Lipinski definition) is 2. The van der Waals surface area contributed by atoms with Gasteiger partial charge in [0.05, 0.1) is 0 Å². The molecule has 0 bridgehead atoms. The van der Waals surface area contributed by atoms with Gasteiger partial charge in [-0.2, -0.15) is 0 Å². The van der Waals surface area contributed by atoms with Crippen molar-refractivity contribution in [3.63, 3.8) is 0 Å². The second kappa shape index (κ2) is 9.53. The maximum atomic E-state index is 9.52. The van der Waals surface area contributed by atoms with E-state index in [4.69, 9.17) is 0 Å². The molecule has 2 N–H and O–H groups in total. The molecule has 0 aromatic heterocycles. The second-order valence-corrected chi connectivity index (χ2v) is 8.45. The number of nitrogens with one attached hydrogen (secondary N) is 1. The van der Waals surface area contributed by atoms with Crippen molar-refractivity contribution in [2.75, 3.05) is 19.7 Å². The number of rotatable bonds is 7. The predicted octanol–water partition coefficient (Wildman–Crippen LogP) is 5.87. The van der Waals surface area contributed by atoms with Crippen LogP contribution >= 0.6 is 15.9 Å². The zero-order valence-corrected chi connectivity index (χ0v) is 18.0. The summed E-state index contributed by atoms with van der Waals surface area (Å²) in [4.78, 5) is 0. The van der Waals surface area contributed by atoms with E-state index in [9.17, 15) is 5.11 Å². The SMILES string of the molecule is OCCC/C(=C(\c1ccc(Br)cc1)c1ccc(C2CNC2)cc1)c1ccccc1. The van der Waals surface area contributed by atoms with Gasteiger partial charge < -0.3 is 10.4 Å². The minimum atomic E-state index is 0.192. The highest BCUT2D eigenvalue weighted by atomic mass is 79.9. The third kappa shape index (κ3) is 4.69. The van der Waals surface area contributed by atoms with Crippen LogP contribution in [0.2, 0.25) is 0 Å². The highest BCUT2D eigenvalue weighted by Gasteiger charge is 2.19. The minimum absolute atomic E-state index is 0.192. The highest BCUT2D eigenvalue weighted by Crippen LogP contribution is 2.36. The molecule has 1 fully saturated rings. The molecule has 3 aromatic carbocycles. The Bertz CT molecular complexity index is 958. The van der Waals surface area contributed by atoms with Crippen LogP contribution in [0.3, 0.4) is 0 Å². The standard InChI is InChI=1S/C26H26BrNO/c27-24-14-12-22(13-15-24)26(21-10-8-19(9-11-21)23-17-28-18-23)25(7-4-16-29)20-5-2-1-3-6-20/h1-3,5-6,8-15,23,28-29H,4,7,16-18H2/b26-25+. The summed E-state index contributed by atoms with van der Waals surface area (Å²) in [6, 6.07) is 28.1. The summed E-state index contributed by atoms with van der Waals surface area (Å²) in [6.07, 6.45) is 1.58. The number of allylic oxidation sites excluding steroid dienone is 1. The molecule has 0 unspecified atom stereocenters. The highest BCUT2D eigenvalue weighted by molar-refractivity contribution is 9.10. The van der Waals surface area contributed by atoms with Gasteiger partial charge >= 0.3 is 0 Å². The second-order valence-electron chi connectivity index (χ2n) is 7.53. The molecule has 29 heavy (non-hydrogen) atoms. The van der Waals surface area contributed by atoms with Crippen LogP contribution < -0.4 is 5.32 Å². The summed E-state index contributed by atoms with van der Waals surface area (Å²) in [5, 5.41) is 12.9. The Morgan fingerprint density at radius 1 is 0.828 bits per heavy atom. The molecule has 0 spiro atoms. The van der Waals surface area contributed by atoms with Crippen LogP contribution in [-0.2, 0) is 0 Å². The summed E-state index contributed by atoms with van der Waals surface area (Å²) >= 11 is 3.56. The van der Waals surface area contributed by atoms with Crippen molar-refractivity contribution in [1.82, 2.24) is 5.32 Å². The summed E-state index contributed by atoms with van der Waals surface area (Å²) in [7, 11) is 0. The fraction of sp³-hybridized carbons (Fsp3) is 0.231. The topological polar surface area (TPSA) is 32.3 Å². The Hall–Kier alpha value is -2.20. The van der Waals surface area contributed by atoms with Crippen molar-refractivity contribution in [3.8, 4) is 0 Å². The van der Waals surface area contributed by atoms with E-state index in [1.165, 1.54) is 33.4 Å². The van der Waals surface area contributed by atoms with E-state index in [1.807, 2.05) is 6.07 Å². The Morgan fingerprint density at radius 3 is 2.00 bits per heavy atom. The van der Waals surface area contributed by atoms with Gasteiger partial charge in [0.2, 0.25) is 0 Å². The lowest BCUT2D eigenvalue weighted by Gasteiger charge is -2.27. The van der Waals surface area contributed by atoms with E-state index in [0.717, 1.165) is 30.4 Å². The molecule has 4 rings (SSSR count). The summed E-state index contributed by atoms with van der Waals surface area (Å²) in [5.74, 6) is 0.632. The molecular weight excluding hydrogens is 422 g/mol. The molecule has 2 nitrogen and oxygen atoms in total. The molecule has 1 saturated heterocycles. The lowest BCUT2D eigenvalue weighted by molar-refractivity contribution is 0.290. The molecule has 1 aliphatic rings. The van der Waals surface area contributed by atoms with Crippen LogP contribution in [0.1, 0.15) is 41.0 Å². The van der Waals surface area contributed by atoms with Gasteiger partial charge in [-0.1, -0.05) is 82.7 Å². The molecule has 0 aliphatic carbocycles. The van der Waals surface area contributed by atoms with Crippen LogP contribution in [0.4, 0.5) is 0 Å². The largest absolute Gasteiger partial charge is 0.396 e. The van der Waals surface area contributed by atoms with Gasteiger partial charge in [-0.25, -0.2) is 0 Å². The molecule has 1 aliphatic heterocycles. The number of aliphatic hydroxyl groups excluding tert-OH is 1. The first-order valence-electron chi connectivity index (χ1n) is 10.2. The fourth-order valence-corrected chi connectivity index (χ4v) is 4.15. The monoisotopic (exact) mass is 447 g/mol. The molecule has 0 saturated carbocycles. The van der Waals surface area contributed by atoms with Crippen LogP contribution in [-0.4, -0.2) is 24.8 Å². The number of halogens is 1. The summed E-state index contributed by atoms with van der Waals surface area (Å²) < 4.78 is 1.07. The van der Waals surface area contributed by atoms with Gasteiger partial charge in [-0.05, 0) is 58.4 Å². The Kier molecular flexibility index (Phi) is 6.60. The lowest BCUT2D eigenvalue weighted by Crippen LogP contribution is -2.39. The molecule has 1 heterocycles. The van der Waals surface area contributed by atoms with Crippen molar-refractivity contribution >= 4 is 27.1 Å². The van der Waals surface area contributed by atoms with E-state index >= 15 is 0 Å². The smallest absolute Gasteiger partial charge is 0.0434 e. The van der Waals surface area contributed by atoms with E-state index in [-0.39, 0.29) is 6.61 Å². The summed E-state index contributed by atoms with van der Waals surface area (Å²) in [5.41, 5.74) is 7.56. The average Bonchev–Trinajstić information content (AvgIpc) is 2.72. The molecule has 0 radical (unpaired) electrons. The zero-order valence-electron chi connectivity index (χ0n) is 16.4. The first-order valence-corrected chi connectivity index (χ1v) is 11.0. The third-order valence-corrected chi connectivity index (χ3v) is 6.12. The van der Waals surface area contributed by atoms with Gasteiger partial charge in [0.1, 0.15) is 0 Å². The zero-order chi connectivity index (χ0) is 20.1. The fourth-order valence-electron chi connectivity index (χ4n) is 3.89. The van der Waals surface area contributed by atoms with Crippen molar-refractivity contribution in [3.05, 3.63) is 106 Å². The molecule has 148 valence electrons. The number of aliphatic hydroxyl groups is 1. The van der Waals surface area contributed by atoms with Crippen molar-refractivity contribution in [1.29, 1.82) is 0 Å². The van der Waals surface area contributed by atoms with Crippen molar-refractivity contribution in [2.24, 2.45) is 0 Å². The minimum Gasteiger partial charge on any atom is -0.396 e. The van der Waals surface area contributed by atoms with E-state index in [1.54, 1.807) is 0 Å². The molecule has 0 atom stereocenters. The van der Waals surface area contributed by atoms with Crippen molar-refractivity contribution in [2.45, 2.75) is 18.8 Å². The average molecular weight is 448 g/mol. The lowest BCUT2D eigenvalue weighted by atomic mass is 9.86. The number of hydrogen-bond donors (Lipinski definition) is 2. The molecule has 0 amide bonds. The predicted molar refractivity (Wildman–Crippen MR) is 125 cm³/mol.